The van der Waals surface area contributed by atoms with Gasteiger partial charge in [-0.1, -0.05) is 18.2 Å². The molecule has 140 valence electrons. The number of hydrogen-bond donors (Lipinski definition) is 1. The highest BCUT2D eigenvalue weighted by Crippen LogP contribution is 2.34. The van der Waals surface area contributed by atoms with Crippen molar-refractivity contribution in [2.45, 2.75) is 20.4 Å². The number of carbonyl (C=O) groups is 2. The summed E-state index contributed by atoms with van der Waals surface area (Å²) in [5.74, 6) is -0.594. The van der Waals surface area contributed by atoms with E-state index in [0.29, 0.717) is 11.3 Å². The van der Waals surface area contributed by atoms with Crippen LogP contribution in [-0.4, -0.2) is 21.7 Å². The Balaban J connectivity index is 1.74. The fraction of sp³-hybridized carbons (Fsp3) is 0.136. The number of aromatic nitrogens is 1. The number of nitrogens with zero attached hydrogens (tertiary/aromatic N) is 2. The zero-order valence-corrected chi connectivity index (χ0v) is 16.4. The largest absolute Gasteiger partial charge is 0.350 e. The second kappa shape index (κ2) is 7.40. The predicted molar refractivity (Wildman–Crippen MR) is 111 cm³/mol. The van der Waals surface area contributed by atoms with Crippen molar-refractivity contribution in [1.82, 2.24) is 9.88 Å². The number of hydrogen-bond acceptors (Lipinski definition) is 5. The van der Waals surface area contributed by atoms with Gasteiger partial charge in [-0.15, -0.1) is 11.3 Å². The van der Waals surface area contributed by atoms with Gasteiger partial charge in [-0.05, 0) is 60.2 Å². The van der Waals surface area contributed by atoms with Crippen LogP contribution in [0.4, 0.5) is 5.69 Å². The first kappa shape index (κ1) is 18.1. The van der Waals surface area contributed by atoms with Gasteiger partial charge in [0.15, 0.2) is 0 Å². The summed E-state index contributed by atoms with van der Waals surface area (Å²) >= 11 is 1.45. The normalized spacial score (nSPS) is 14.1. The molecule has 1 N–H and O–H groups in total. The SMILES string of the molecule is Cc1ccc(C)c(NC2=C(c3cccs3)C(=O)N(Cc3ccncc3)C2=O)c1. The Bertz CT molecular complexity index is 1070. The Labute approximate surface area is 167 Å². The Kier molecular flexibility index (Phi) is 4.79. The van der Waals surface area contributed by atoms with Gasteiger partial charge in [-0.3, -0.25) is 19.5 Å². The van der Waals surface area contributed by atoms with Crippen LogP contribution in [0, 0.1) is 13.8 Å². The molecule has 2 aromatic heterocycles. The molecule has 0 radical (unpaired) electrons. The number of benzene rings is 1. The highest BCUT2D eigenvalue weighted by Gasteiger charge is 2.39. The van der Waals surface area contributed by atoms with Gasteiger partial charge in [0.2, 0.25) is 0 Å². The van der Waals surface area contributed by atoms with Crippen molar-refractivity contribution in [1.29, 1.82) is 0 Å². The molecule has 0 atom stereocenters. The minimum absolute atomic E-state index is 0.215. The molecule has 28 heavy (non-hydrogen) atoms. The van der Waals surface area contributed by atoms with E-state index in [9.17, 15) is 9.59 Å². The molecule has 0 aliphatic carbocycles. The summed E-state index contributed by atoms with van der Waals surface area (Å²) in [6.45, 7) is 4.19. The maximum absolute atomic E-state index is 13.2. The smallest absolute Gasteiger partial charge is 0.278 e. The molecule has 2 amide bonds. The first-order valence-electron chi connectivity index (χ1n) is 8.92. The second-order valence-corrected chi connectivity index (χ2v) is 7.67. The van der Waals surface area contributed by atoms with Gasteiger partial charge in [-0.2, -0.15) is 0 Å². The minimum Gasteiger partial charge on any atom is -0.350 e. The zero-order valence-electron chi connectivity index (χ0n) is 15.6. The van der Waals surface area contributed by atoms with E-state index in [4.69, 9.17) is 0 Å². The number of thiophene rings is 1. The summed E-state index contributed by atoms with van der Waals surface area (Å²) < 4.78 is 0. The summed E-state index contributed by atoms with van der Waals surface area (Å²) in [5, 5.41) is 5.15. The molecule has 3 heterocycles. The third kappa shape index (κ3) is 3.34. The number of amides is 2. The van der Waals surface area contributed by atoms with Crippen LogP contribution < -0.4 is 5.32 Å². The third-order valence-electron chi connectivity index (χ3n) is 4.68. The zero-order chi connectivity index (χ0) is 19.7. The molecule has 0 unspecified atom stereocenters. The summed E-state index contributed by atoms with van der Waals surface area (Å²) in [7, 11) is 0. The molecule has 0 fully saturated rings. The number of nitrogens with one attached hydrogen (secondary N) is 1. The topological polar surface area (TPSA) is 62.3 Å². The van der Waals surface area contributed by atoms with Crippen molar-refractivity contribution in [3.63, 3.8) is 0 Å². The molecular formula is C22H19N3O2S. The van der Waals surface area contributed by atoms with E-state index in [-0.39, 0.29) is 18.4 Å². The molecular weight excluding hydrogens is 370 g/mol. The quantitative estimate of drug-likeness (QED) is 0.666. The number of aryl methyl sites for hydroxylation is 2. The first-order chi connectivity index (χ1) is 13.5. The lowest BCUT2D eigenvalue weighted by Crippen LogP contribution is -2.32. The molecule has 1 aromatic carbocycles. The number of rotatable bonds is 5. The standard InChI is InChI=1S/C22H19N3O2S/c1-14-5-6-15(2)17(12-14)24-20-19(18-4-3-11-28-18)21(26)25(22(20)27)13-16-7-9-23-10-8-16/h3-12,24H,13H2,1-2H3. The fourth-order valence-corrected chi connectivity index (χ4v) is 3.93. The molecule has 3 aromatic rings. The van der Waals surface area contributed by atoms with Crippen LogP contribution in [0.5, 0.6) is 0 Å². The van der Waals surface area contributed by atoms with Gasteiger partial charge in [0.25, 0.3) is 11.8 Å². The van der Waals surface area contributed by atoms with Gasteiger partial charge in [0.1, 0.15) is 5.70 Å². The van der Waals surface area contributed by atoms with Crippen LogP contribution in [0.2, 0.25) is 0 Å². The van der Waals surface area contributed by atoms with Crippen molar-refractivity contribution >= 4 is 34.4 Å². The molecule has 1 aliphatic heterocycles. The average Bonchev–Trinajstić information content (AvgIpc) is 3.29. The van der Waals surface area contributed by atoms with E-state index in [0.717, 1.165) is 27.3 Å². The third-order valence-corrected chi connectivity index (χ3v) is 5.57. The van der Waals surface area contributed by atoms with Crippen molar-refractivity contribution in [3.05, 3.63) is 87.5 Å². The van der Waals surface area contributed by atoms with E-state index in [1.165, 1.54) is 16.2 Å². The van der Waals surface area contributed by atoms with Gasteiger partial charge in [0.05, 0.1) is 12.1 Å². The molecule has 0 spiro atoms. The van der Waals surface area contributed by atoms with Crippen molar-refractivity contribution < 1.29 is 9.59 Å². The van der Waals surface area contributed by atoms with E-state index >= 15 is 0 Å². The number of imide groups is 1. The lowest BCUT2D eigenvalue weighted by Gasteiger charge is -2.16. The van der Waals surface area contributed by atoms with Crippen molar-refractivity contribution in [2.75, 3.05) is 5.32 Å². The Morgan fingerprint density at radius 3 is 2.54 bits per heavy atom. The van der Waals surface area contributed by atoms with Crippen LogP contribution in [-0.2, 0) is 16.1 Å². The lowest BCUT2D eigenvalue weighted by molar-refractivity contribution is -0.137. The van der Waals surface area contributed by atoms with E-state index in [1.54, 1.807) is 12.4 Å². The van der Waals surface area contributed by atoms with Crippen LogP contribution >= 0.6 is 11.3 Å². The summed E-state index contributed by atoms with van der Waals surface area (Å²) in [6.07, 6.45) is 3.31. The average molecular weight is 389 g/mol. The molecule has 0 saturated heterocycles. The van der Waals surface area contributed by atoms with Crippen molar-refractivity contribution in [2.24, 2.45) is 0 Å². The predicted octanol–water partition coefficient (Wildman–Crippen LogP) is 4.15. The maximum atomic E-state index is 13.2. The minimum atomic E-state index is -0.314. The van der Waals surface area contributed by atoms with E-state index < -0.39 is 0 Å². The highest BCUT2D eigenvalue weighted by molar-refractivity contribution is 7.11. The van der Waals surface area contributed by atoms with Gasteiger partial charge < -0.3 is 5.32 Å². The molecule has 4 rings (SSSR count). The summed E-state index contributed by atoms with van der Waals surface area (Å²) in [4.78, 5) is 32.4. The number of pyridine rings is 1. The monoisotopic (exact) mass is 389 g/mol. The number of anilines is 1. The van der Waals surface area contributed by atoms with Crippen LogP contribution in [0.1, 0.15) is 21.6 Å². The number of carbonyl (C=O) groups excluding carboxylic acids is 2. The van der Waals surface area contributed by atoms with Crippen LogP contribution in [0.15, 0.2) is 65.9 Å². The molecule has 6 heteroatoms. The fourth-order valence-electron chi connectivity index (χ4n) is 3.16. The molecule has 0 saturated carbocycles. The van der Waals surface area contributed by atoms with Crippen LogP contribution in [0.25, 0.3) is 5.57 Å². The Hall–Kier alpha value is -3.25. The maximum Gasteiger partial charge on any atom is 0.278 e. The molecule has 5 nitrogen and oxygen atoms in total. The summed E-state index contributed by atoms with van der Waals surface area (Å²) in [5.41, 5.74) is 4.53. The van der Waals surface area contributed by atoms with Gasteiger partial charge in [0, 0.05) is 23.0 Å². The van der Waals surface area contributed by atoms with E-state index in [2.05, 4.69) is 10.3 Å². The molecule has 0 bridgehead atoms. The van der Waals surface area contributed by atoms with Crippen LogP contribution in [0.3, 0.4) is 0 Å². The second-order valence-electron chi connectivity index (χ2n) is 6.72. The van der Waals surface area contributed by atoms with Gasteiger partial charge in [-0.25, -0.2) is 0 Å². The van der Waals surface area contributed by atoms with E-state index in [1.807, 2.05) is 61.7 Å². The Morgan fingerprint density at radius 2 is 1.82 bits per heavy atom. The van der Waals surface area contributed by atoms with Crippen molar-refractivity contribution in [3.8, 4) is 0 Å². The highest BCUT2D eigenvalue weighted by atomic mass is 32.1. The summed E-state index contributed by atoms with van der Waals surface area (Å²) in [6, 6.07) is 13.4. The molecule has 1 aliphatic rings. The first-order valence-corrected chi connectivity index (χ1v) is 9.80. The van der Waals surface area contributed by atoms with Gasteiger partial charge >= 0.3 is 0 Å². The Morgan fingerprint density at radius 1 is 1.04 bits per heavy atom. The lowest BCUT2D eigenvalue weighted by atomic mass is 10.1.